The van der Waals surface area contributed by atoms with Gasteiger partial charge in [0.15, 0.2) is 0 Å². The van der Waals surface area contributed by atoms with E-state index >= 15 is 0 Å². The molecule has 0 aliphatic carbocycles. The molecule has 0 saturated heterocycles. The molecular weight excluding hydrogens is 288 g/mol. The van der Waals surface area contributed by atoms with Gasteiger partial charge in [-0.3, -0.25) is 0 Å². The van der Waals surface area contributed by atoms with Crippen molar-refractivity contribution in [2.24, 2.45) is 5.92 Å². The number of furan rings is 1. The van der Waals surface area contributed by atoms with Crippen molar-refractivity contribution in [3.05, 3.63) is 17.9 Å². The van der Waals surface area contributed by atoms with Crippen LogP contribution in [0.2, 0.25) is 0 Å². The van der Waals surface area contributed by atoms with E-state index in [9.17, 15) is 8.42 Å². The lowest BCUT2D eigenvalue weighted by atomic mass is 10.1. The fourth-order valence-electron chi connectivity index (χ4n) is 1.98. The molecule has 1 N–H and O–H groups in total. The van der Waals surface area contributed by atoms with Crippen LogP contribution in [0.4, 0.5) is 0 Å². The van der Waals surface area contributed by atoms with Crippen LogP contribution in [0.15, 0.2) is 21.6 Å². The molecule has 1 heterocycles. The van der Waals surface area contributed by atoms with Crippen molar-refractivity contribution in [3.8, 4) is 0 Å². The highest BCUT2D eigenvalue weighted by Crippen LogP contribution is 2.20. The van der Waals surface area contributed by atoms with E-state index in [2.05, 4.69) is 26.1 Å². The van der Waals surface area contributed by atoms with Crippen LogP contribution >= 0.6 is 0 Å². The Kier molecular flexibility index (Phi) is 7.42. The second-order valence-corrected chi connectivity index (χ2v) is 7.24. The Morgan fingerprint density at radius 3 is 2.57 bits per heavy atom. The standard InChI is InChI=1S/C15H28N2O3S/c1-5-10-16-11-14-8-9-15(20-14)21(18,19)17(7-3)12-13(4)6-2/h8-9,13,16H,5-7,10-12H2,1-4H3. The topological polar surface area (TPSA) is 62.6 Å². The summed E-state index contributed by atoms with van der Waals surface area (Å²) in [7, 11) is -3.53. The quantitative estimate of drug-likeness (QED) is 0.674. The third kappa shape index (κ3) is 5.13. The Balaban J connectivity index is 2.81. The van der Waals surface area contributed by atoms with Gasteiger partial charge in [0, 0.05) is 13.1 Å². The molecule has 1 atom stereocenters. The van der Waals surface area contributed by atoms with Gasteiger partial charge in [-0.25, -0.2) is 8.42 Å². The van der Waals surface area contributed by atoms with E-state index in [1.54, 1.807) is 12.1 Å². The monoisotopic (exact) mass is 316 g/mol. The molecule has 21 heavy (non-hydrogen) atoms. The third-order valence-electron chi connectivity index (χ3n) is 3.52. The maximum Gasteiger partial charge on any atom is 0.276 e. The second-order valence-electron chi connectivity index (χ2n) is 5.37. The van der Waals surface area contributed by atoms with Crippen molar-refractivity contribution in [2.45, 2.75) is 52.2 Å². The Bertz CT molecular complexity index is 511. The molecule has 0 aliphatic rings. The van der Waals surface area contributed by atoms with Crippen LogP contribution in [0, 0.1) is 5.92 Å². The van der Waals surface area contributed by atoms with Crippen molar-refractivity contribution in [3.63, 3.8) is 0 Å². The first-order chi connectivity index (χ1) is 9.95. The summed E-state index contributed by atoms with van der Waals surface area (Å²) >= 11 is 0. The van der Waals surface area contributed by atoms with Gasteiger partial charge in [-0.1, -0.05) is 34.1 Å². The summed E-state index contributed by atoms with van der Waals surface area (Å²) in [5.41, 5.74) is 0. The molecule has 1 unspecified atom stereocenters. The zero-order valence-electron chi connectivity index (χ0n) is 13.6. The largest absolute Gasteiger partial charge is 0.447 e. The molecule has 1 aromatic rings. The van der Waals surface area contributed by atoms with Crippen LogP contribution in [0.1, 0.15) is 46.3 Å². The van der Waals surface area contributed by atoms with Crippen molar-refractivity contribution < 1.29 is 12.8 Å². The fourth-order valence-corrected chi connectivity index (χ4v) is 3.48. The van der Waals surface area contributed by atoms with E-state index < -0.39 is 10.0 Å². The zero-order valence-corrected chi connectivity index (χ0v) is 14.4. The molecule has 5 nitrogen and oxygen atoms in total. The number of hydrogen-bond donors (Lipinski definition) is 1. The number of nitrogens with one attached hydrogen (secondary N) is 1. The zero-order chi connectivity index (χ0) is 15.9. The van der Waals surface area contributed by atoms with Crippen LogP contribution < -0.4 is 5.32 Å². The molecule has 1 aromatic heterocycles. The number of rotatable bonds is 10. The number of hydrogen-bond acceptors (Lipinski definition) is 4. The van der Waals surface area contributed by atoms with Gasteiger partial charge in [0.1, 0.15) is 5.76 Å². The van der Waals surface area contributed by atoms with Crippen LogP contribution in [0.5, 0.6) is 0 Å². The first kappa shape index (κ1) is 18.2. The molecule has 0 spiro atoms. The summed E-state index contributed by atoms with van der Waals surface area (Å²) in [6, 6.07) is 3.28. The first-order valence-corrected chi connectivity index (χ1v) is 9.19. The summed E-state index contributed by atoms with van der Waals surface area (Å²) in [4.78, 5) is 0. The Morgan fingerprint density at radius 2 is 2.00 bits per heavy atom. The molecule has 0 radical (unpaired) electrons. The molecular formula is C15H28N2O3S. The SMILES string of the molecule is CCCNCc1ccc(S(=O)(=O)N(CC)CC(C)CC)o1. The smallest absolute Gasteiger partial charge is 0.276 e. The Hall–Kier alpha value is -0.850. The van der Waals surface area contributed by atoms with E-state index in [1.165, 1.54) is 4.31 Å². The minimum absolute atomic E-state index is 0.0425. The molecule has 0 saturated carbocycles. The van der Waals surface area contributed by atoms with Gasteiger partial charge in [0.05, 0.1) is 6.54 Å². The highest BCUT2D eigenvalue weighted by molar-refractivity contribution is 7.89. The van der Waals surface area contributed by atoms with Gasteiger partial charge in [-0.15, -0.1) is 0 Å². The maximum atomic E-state index is 12.6. The molecule has 0 bridgehead atoms. The van der Waals surface area contributed by atoms with Crippen LogP contribution in [0.25, 0.3) is 0 Å². The van der Waals surface area contributed by atoms with Gasteiger partial charge in [-0.05, 0) is 31.0 Å². The van der Waals surface area contributed by atoms with Crippen LogP contribution in [0.3, 0.4) is 0 Å². The lowest BCUT2D eigenvalue weighted by Gasteiger charge is -2.22. The van der Waals surface area contributed by atoms with E-state index in [0.717, 1.165) is 19.4 Å². The van der Waals surface area contributed by atoms with Crippen molar-refractivity contribution in [1.82, 2.24) is 9.62 Å². The van der Waals surface area contributed by atoms with Crippen LogP contribution in [-0.2, 0) is 16.6 Å². The summed E-state index contributed by atoms with van der Waals surface area (Å²) in [6.07, 6.45) is 1.99. The van der Waals surface area contributed by atoms with Gasteiger partial charge >= 0.3 is 0 Å². The minimum Gasteiger partial charge on any atom is -0.447 e. The van der Waals surface area contributed by atoms with Gasteiger partial charge in [0.2, 0.25) is 5.09 Å². The van der Waals surface area contributed by atoms with Crippen molar-refractivity contribution in [1.29, 1.82) is 0 Å². The van der Waals surface area contributed by atoms with Gasteiger partial charge in [0.25, 0.3) is 10.0 Å². The summed E-state index contributed by atoms with van der Waals surface area (Å²) < 4.78 is 32.1. The van der Waals surface area contributed by atoms with E-state index in [0.29, 0.717) is 31.3 Å². The maximum absolute atomic E-state index is 12.6. The lowest BCUT2D eigenvalue weighted by molar-refractivity contribution is 0.338. The molecule has 6 heteroatoms. The molecule has 122 valence electrons. The molecule has 0 amide bonds. The summed E-state index contributed by atoms with van der Waals surface area (Å²) in [6.45, 7) is 10.5. The summed E-state index contributed by atoms with van der Waals surface area (Å²) in [5, 5.41) is 3.24. The second kappa shape index (κ2) is 8.56. The molecule has 1 rings (SSSR count). The third-order valence-corrected chi connectivity index (χ3v) is 5.34. The fraction of sp³-hybridized carbons (Fsp3) is 0.733. The van der Waals surface area contributed by atoms with Crippen LogP contribution in [-0.4, -0.2) is 32.4 Å². The lowest BCUT2D eigenvalue weighted by Crippen LogP contribution is -2.34. The predicted molar refractivity (Wildman–Crippen MR) is 84.6 cm³/mol. The average molecular weight is 316 g/mol. The van der Waals surface area contributed by atoms with E-state index in [1.807, 2.05) is 6.92 Å². The number of sulfonamides is 1. The van der Waals surface area contributed by atoms with E-state index in [4.69, 9.17) is 4.42 Å². The highest BCUT2D eigenvalue weighted by Gasteiger charge is 2.27. The Labute approximate surface area is 128 Å². The Morgan fingerprint density at radius 1 is 1.29 bits per heavy atom. The highest BCUT2D eigenvalue weighted by atomic mass is 32.2. The molecule has 0 aromatic carbocycles. The normalized spacial score (nSPS) is 13.8. The minimum atomic E-state index is -3.53. The predicted octanol–water partition coefficient (Wildman–Crippen LogP) is 2.84. The molecule has 0 aliphatic heterocycles. The average Bonchev–Trinajstić information content (AvgIpc) is 2.94. The number of nitrogens with zero attached hydrogens (tertiary/aromatic N) is 1. The van der Waals surface area contributed by atoms with E-state index in [-0.39, 0.29) is 5.09 Å². The van der Waals surface area contributed by atoms with Gasteiger partial charge < -0.3 is 9.73 Å². The summed E-state index contributed by atoms with van der Waals surface area (Å²) in [5.74, 6) is 0.988. The first-order valence-electron chi connectivity index (χ1n) is 7.75. The van der Waals surface area contributed by atoms with Crippen molar-refractivity contribution in [2.75, 3.05) is 19.6 Å². The van der Waals surface area contributed by atoms with Gasteiger partial charge in [-0.2, -0.15) is 4.31 Å². The van der Waals surface area contributed by atoms with Crippen molar-refractivity contribution >= 4 is 10.0 Å². The molecule has 0 fully saturated rings.